The fourth-order valence-electron chi connectivity index (χ4n) is 5.12. The van der Waals surface area contributed by atoms with Gasteiger partial charge in [-0.05, 0) is 43.2 Å². The van der Waals surface area contributed by atoms with Gasteiger partial charge in [-0.1, -0.05) is 0 Å². The highest BCUT2D eigenvalue weighted by atomic mass is 19.4. The molecule has 204 valence electrons. The first-order chi connectivity index (χ1) is 18.6. The number of amides is 1. The van der Waals surface area contributed by atoms with Gasteiger partial charge >= 0.3 is 6.18 Å². The Morgan fingerprint density at radius 3 is 2.54 bits per heavy atom. The van der Waals surface area contributed by atoms with Crippen molar-refractivity contribution < 1.29 is 27.8 Å². The molecular formula is C26H25F3N6O4. The van der Waals surface area contributed by atoms with Gasteiger partial charge in [0.2, 0.25) is 5.88 Å². The van der Waals surface area contributed by atoms with E-state index >= 15 is 0 Å². The summed E-state index contributed by atoms with van der Waals surface area (Å²) in [7, 11) is 0. The molecule has 4 aromatic rings. The second-order valence-electron chi connectivity index (χ2n) is 9.96. The van der Waals surface area contributed by atoms with Crippen LogP contribution in [0.1, 0.15) is 35.3 Å². The number of benzene rings is 1. The molecule has 3 aromatic heterocycles. The van der Waals surface area contributed by atoms with Crippen LogP contribution in [0.3, 0.4) is 0 Å². The van der Waals surface area contributed by atoms with Crippen LogP contribution >= 0.6 is 0 Å². The third-order valence-electron chi connectivity index (χ3n) is 7.32. The van der Waals surface area contributed by atoms with E-state index in [2.05, 4.69) is 10.2 Å². The summed E-state index contributed by atoms with van der Waals surface area (Å²) < 4.78 is 48.7. The fraction of sp³-hybridized carbons (Fsp3) is 0.385. The molecule has 0 unspecified atom stereocenters. The third kappa shape index (κ3) is 4.67. The van der Waals surface area contributed by atoms with E-state index < -0.39 is 17.3 Å². The van der Waals surface area contributed by atoms with E-state index in [9.17, 15) is 27.9 Å². The van der Waals surface area contributed by atoms with Crippen LogP contribution in [-0.2, 0) is 19.3 Å². The van der Waals surface area contributed by atoms with E-state index in [1.807, 2.05) is 0 Å². The molecule has 0 saturated carbocycles. The minimum atomic E-state index is -4.45. The number of carbonyl (C=O) groups is 1. The van der Waals surface area contributed by atoms with E-state index in [0.717, 1.165) is 18.6 Å². The maximum atomic E-state index is 13.2. The first kappa shape index (κ1) is 25.2. The zero-order chi connectivity index (χ0) is 27.4. The van der Waals surface area contributed by atoms with Gasteiger partial charge in [0.1, 0.15) is 0 Å². The van der Waals surface area contributed by atoms with Gasteiger partial charge < -0.3 is 19.3 Å². The van der Waals surface area contributed by atoms with Crippen molar-refractivity contribution in [1.29, 1.82) is 0 Å². The Bertz CT molecular complexity index is 1570. The Balaban J connectivity index is 1.16. The molecule has 2 aliphatic heterocycles. The van der Waals surface area contributed by atoms with Crippen molar-refractivity contribution in [3.05, 3.63) is 70.4 Å². The number of ether oxygens (including phenoxy) is 1. The fourth-order valence-corrected chi connectivity index (χ4v) is 5.12. The number of nitrogens with zero attached hydrogens (tertiary/aromatic N) is 6. The summed E-state index contributed by atoms with van der Waals surface area (Å²) >= 11 is 0. The van der Waals surface area contributed by atoms with Crippen molar-refractivity contribution in [2.24, 2.45) is 0 Å². The summed E-state index contributed by atoms with van der Waals surface area (Å²) in [6.45, 7) is 1.94. The summed E-state index contributed by atoms with van der Waals surface area (Å²) in [6.07, 6.45) is -0.157. The molecule has 0 atom stereocenters. The lowest BCUT2D eigenvalue weighted by atomic mass is 9.91. The maximum Gasteiger partial charge on any atom is 0.416 e. The number of likely N-dealkylation sites (tertiary alicyclic amines) is 1. The van der Waals surface area contributed by atoms with E-state index in [0.29, 0.717) is 49.0 Å². The minimum Gasteiger partial charge on any atom is -0.478 e. The van der Waals surface area contributed by atoms with Gasteiger partial charge in [-0.25, -0.2) is 9.36 Å². The quantitative estimate of drug-likeness (QED) is 0.425. The summed E-state index contributed by atoms with van der Waals surface area (Å²) in [6, 6.07) is 7.81. The van der Waals surface area contributed by atoms with E-state index in [-0.39, 0.29) is 36.2 Å². The Labute approximate surface area is 219 Å². The van der Waals surface area contributed by atoms with Gasteiger partial charge in [-0.2, -0.15) is 23.4 Å². The normalized spacial score (nSPS) is 17.2. The number of carbonyl (C=O) groups excluding carboxylic acids is 1. The largest absolute Gasteiger partial charge is 0.478 e. The summed E-state index contributed by atoms with van der Waals surface area (Å²) in [4.78, 5) is 27.8. The molecule has 39 heavy (non-hydrogen) atoms. The van der Waals surface area contributed by atoms with Crippen LogP contribution < -0.4 is 10.3 Å². The van der Waals surface area contributed by atoms with Crippen molar-refractivity contribution in [3.63, 3.8) is 0 Å². The Morgan fingerprint density at radius 1 is 1.10 bits per heavy atom. The number of rotatable bonds is 4. The number of aromatic nitrogens is 5. The average molecular weight is 543 g/mol. The molecule has 13 heteroatoms. The summed E-state index contributed by atoms with van der Waals surface area (Å²) in [5.41, 5.74) is -1.21. The molecular weight excluding hydrogens is 517 g/mol. The Morgan fingerprint density at radius 2 is 1.85 bits per heavy atom. The second kappa shape index (κ2) is 9.26. The van der Waals surface area contributed by atoms with Gasteiger partial charge in [-0.15, -0.1) is 0 Å². The summed E-state index contributed by atoms with van der Waals surface area (Å²) in [5, 5.41) is 20.1. The lowest BCUT2D eigenvalue weighted by molar-refractivity contribution is -0.137. The number of pyridine rings is 1. The predicted octanol–water partition coefficient (Wildman–Crippen LogP) is 2.85. The number of aliphatic hydroxyl groups is 1. The number of halogens is 3. The van der Waals surface area contributed by atoms with E-state index in [4.69, 9.17) is 4.74 Å². The molecule has 10 nitrogen and oxygen atoms in total. The molecule has 0 radical (unpaired) electrons. The van der Waals surface area contributed by atoms with Gasteiger partial charge in [0, 0.05) is 38.3 Å². The van der Waals surface area contributed by atoms with Crippen LogP contribution in [0, 0.1) is 0 Å². The number of hydrogen-bond donors (Lipinski definition) is 1. The number of hydrogen-bond acceptors (Lipinski definition) is 6. The minimum absolute atomic E-state index is 0.0296. The van der Waals surface area contributed by atoms with Crippen molar-refractivity contribution in [2.75, 3.05) is 19.7 Å². The standard InChI is InChI=1S/C26H25F3N6O4/c27-26(28,29)17-2-4-18(5-3-17)35-21-6-10-33(23(36)19(21)15-30-35)16-25(38)7-11-32(12-8-25)24(37)20-14-22-34(31-20)9-1-13-39-22/h2-6,10,14-15,38H,1,7-9,11-13,16H2. The zero-order valence-corrected chi connectivity index (χ0v) is 20.8. The number of piperidine rings is 1. The average Bonchev–Trinajstić information content (AvgIpc) is 3.55. The van der Waals surface area contributed by atoms with Crippen LogP contribution in [-0.4, -0.2) is 65.3 Å². The molecule has 2 aliphatic rings. The first-order valence-corrected chi connectivity index (χ1v) is 12.6. The summed E-state index contributed by atoms with van der Waals surface area (Å²) in [5.74, 6) is 0.353. The molecule has 1 amide bonds. The lowest BCUT2D eigenvalue weighted by Crippen LogP contribution is -2.49. The molecule has 1 fully saturated rings. The van der Waals surface area contributed by atoms with Crippen LogP contribution in [0.5, 0.6) is 5.88 Å². The lowest BCUT2D eigenvalue weighted by Gasteiger charge is -2.38. The number of alkyl halides is 3. The van der Waals surface area contributed by atoms with Crippen molar-refractivity contribution in [2.45, 2.75) is 44.1 Å². The SMILES string of the molecule is O=C(c1cc2n(n1)CCCO2)N1CCC(O)(Cn2ccc3c(cnn3-c3ccc(C(F)(F)F)cc3)c2=O)CC1. The first-order valence-electron chi connectivity index (χ1n) is 12.6. The zero-order valence-electron chi connectivity index (χ0n) is 20.8. The Hall–Kier alpha value is -4.13. The second-order valence-corrected chi connectivity index (χ2v) is 9.96. The van der Waals surface area contributed by atoms with Gasteiger partial charge in [-0.3, -0.25) is 9.59 Å². The van der Waals surface area contributed by atoms with E-state index in [1.165, 1.54) is 33.8 Å². The van der Waals surface area contributed by atoms with Crippen molar-refractivity contribution in [1.82, 2.24) is 29.0 Å². The van der Waals surface area contributed by atoms with Gasteiger partial charge in [0.25, 0.3) is 11.5 Å². The van der Waals surface area contributed by atoms with Crippen molar-refractivity contribution in [3.8, 4) is 11.6 Å². The molecule has 0 bridgehead atoms. The van der Waals surface area contributed by atoms with E-state index in [1.54, 1.807) is 21.7 Å². The number of aryl methyl sites for hydroxylation is 1. The third-order valence-corrected chi connectivity index (χ3v) is 7.32. The molecule has 6 rings (SSSR count). The molecule has 5 heterocycles. The monoisotopic (exact) mass is 542 g/mol. The molecule has 1 aromatic carbocycles. The van der Waals surface area contributed by atoms with Crippen LogP contribution in [0.25, 0.3) is 16.6 Å². The Kier molecular flexibility index (Phi) is 5.97. The molecule has 0 aliphatic carbocycles. The molecule has 1 saturated heterocycles. The van der Waals surface area contributed by atoms with Gasteiger partial charge in [0.15, 0.2) is 5.69 Å². The topological polar surface area (TPSA) is 107 Å². The molecule has 0 spiro atoms. The highest BCUT2D eigenvalue weighted by Gasteiger charge is 2.36. The highest BCUT2D eigenvalue weighted by molar-refractivity contribution is 5.92. The maximum absolute atomic E-state index is 13.2. The van der Waals surface area contributed by atoms with Crippen LogP contribution in [0.2, 0.25) is 0 Å². The number of fused-ring (bicyclic) bond motifs is 2. The highest BCUT2D eigenvalue weighted by Crippen LogP contribution is 2.30. The predicted molar refractivity (Wildman–Crippen MR) is 133 cm³/mol. The molecule has 1 N–H and O–H groups in total. The van der Waals surface area contributed by atoms with Crippen LogP contribution in [0.4, 0.5) is 13.2 Å². The smallest absolute Gasteiger partial charge is 0.416 e. The van der Waals surface area contributed by atoms with Crippen molar-refractivity contribution >= 4 is 16.8 Å². The van der Waals surface area contributed by atoms with Crippen LogP contribution in [0.15, 0.2) is 53.6 Å². The van der Waals surface area contributed by atoms with Gasteiger partial charge in [0.05, 0.1) is 47.1 Å².